The van der Waals surface area contributed by atoms with Gasteiger partial charge in [0.15, 0.2) is 0 Å². The molecule has 0 aliphatic heterocycles. The van der Waals surface area contributed by atoms with Gasteiger partial charge < -0.3 is 0 Å². The SMILES string of the molecule is CC(C)[CH2][Al]([CH2]C(C)CC(C)(C)C)[CH2]C(C)CC(C)(C)C. The first-order chi connectivity index (χ1) is 9.28. The van der Waals surface area contributed by atoms with Crippen molar-refractivity contribution in [1.29, 1.82) is 0 Å². The molecule has 0 fully saturated rings. The molecule has 126 valence electrons. The van der Waals surface area contributed by atoms with Gasteiger partial charge in [0.1, 0.15) is 0 Å². The average Bonchev–Trinajstić information content (AvgIpc) is 2.07. The van der Waals surface area contributed by atoms with Gasteiger partial charge in [-0.1, -0.05) is 103 Å². The Morgan fingerprint density at radius 3 is 1.19 bits per heavy atom. The predicted molar refractivity (Wildman–Crippen MR) is 101 cm³/mol. The largest absolute Gasteiger partial charge is 0.262 e. The molecule has 0 heterocycles. The third-order valence-electron chi connectivity index (χ3n) is 4.20. The van der Waals surface area contributed by atoms with Crippen molar-refractivity contribution in [2.24, 2.45) is 28.6 Å². The Morgan fingerprint density at radius 2 is 0.952 bits per heavy atom. The lowest BCUT2D eigenvalue weighted by Crippen LogP contribution is -2.24. The van der Waals surface area contributed by atoms with E-state index in [2.05, 4.69) is 69.2 Å². The van der Waals surface area contributed by atoms with Gasteiger partial charge in [0.25, 0.3) is 14.1 Å². The van der Waals surface area contributed by atoms with Crippen LogP contribution in [0.3, 0.4) is 0 Å². The molecule has 2 atom stereocenters. The van der Waals surface area contributed by atoms with Gasteiger partial charge in [-0.3, -0.25) is 0 Å². The van der Waals surface area contributed by atoms with Crippen molar-refractivity contribution < 1.29 is 0 Å². The molecule has 0 N–H and O–H groups in total. The molecule has 0 saturated heterocycles. The summed E-state index contributed by atoms with van der Waals surface area (Å²) in [6.07, 6.45) is 2.78. The molecule has 0 aromatic heterocycles. The van der Waals surface area contributed by atoms with Crippen LogP contribution in [0.4, 0.5) is 0 Å². The van der Waals surface area contributed by atoms with Crippen LogP contribution in [0, 0.1) is 28.6 Å². The van der Waals surface area contributed by atoms with E-state index in [4.69, 9.17) is 0 Å². The Labute approximate surface area is 140 Å². The normalized spacial score (nSPS) is 16.1. The van der Waals surface area contributed by atoms with Crippen molar-refractivity contribution in [2.75, 3.05) is 0 Å². The zero-order valence-corrected chi connectivity index (χ0v) is 18.0. The summed E-state index contributed by atoms with van der Waals surface area (Å²) in [6, 6.07) is 0. The molecule has 21 heavy (non-hydrogen) atoms. The fourth-order valence-corrected chi connectivity index (χ4v) is 8.87. The highest BCUT2D eigenvalue weighted by Crippen LogP contribution is 2.33. The molecule has 0 saturated carbocycles. The maximum Gasteiger partial charge on any atom is 0.262 e. The first-order valence-corrected chi connectivity index (χ1v) is 11.7. The Morgan fingerprint density at radius 1 is 0.619 bits per heavy atom. The summed E-state index contributed by atoms with van der Waals surface area (Å²) in [4.78, 5) is 0. The molecule has 0 aromatic carbocycles. The Kier molecular flexibility index (Phi) is 9.21. The highest BCUT2D eigenvalue weighted by molar-refractivity contribution is 6.58. The number of hydrogen-bond acceptors (Lipinski definition) is 0. The molecular formula is C20H43Al. The zero-order valence-electron chi connectivity index (χ0n) is 16.8. The molecule has 0 rings (SSSR count). The van der Waals surface area contributed by atoms with Crippen LogP contribution >= 0.6 is 0 Å². The highest BCUT2D eigenvalue weighted by Gasteiger charge is 2.27. The minimum atomic E-state index is -0.586. The number of rotatable bonds is 8. The second-order valence-corrected chi connectivity index (χ2v) is 13.9. The summed E-state index contributed by atoms with van der Waals surface area (Å²) in [5.74, 6) is 2.73. The van der Waals surface area contributed by atoms with Crippen LogP contribution in [-0.2, 0) is 0 Å². The zero-order chi connectivity index (χ0) is 16.8. The summed E-state index contributed by atoms with van der Waals surface area (Å²) >= 11 is -0.586. The fourth-order valence-electron chi connectivity index (χ4n) is 4.35. The molecule has 2 unspecified atom stereocenters. The summed E-state index contributed by atoms with van der Waals surface area (Å²) in [6.45, 7) is 24.2. The van der Waals surface area contributed by atoms with Crippen LogP contribution in [0.5, 0.6) is 0 Å². The molecule has 1 heteroatoms. The van der Waals surface area contributed by atoms with E-state index >= 15 is 0 Å². The maximum atomic E-state index is 2.50. The van der Waals surface area contributed by atoms with E-state index in [0.717, 1.165) is 17.8 Å². The van der Waals surface area contributed by atoms with Gasteiger partial charge in [-0.25, -0.2) is 0 Å². The van der Waals surface area contributed by atoms with E-state index in [1.165, 1.54) is 12.8 Å². The van der Waals surface area contributed by atoms with Gasteiger partial charge >= 0.3 is 0 Å². The highest BCUT2D eigenvalue weighted by atomic mass is 27.2. The van der Waals surface area contributed by atoms with Crippen molar-refractivity contribution in [3.8, 4) is 0 Å². The van der Waals surface area contributed by atoms with Crippen LogP contribution in [0.15, 0.2) is 0 Å². The minimum Gasteiger partial charge on any atom is -0.0915 e. The van der Waals surface area contributed by atoms with Crippen molar-refractivity contribution in [3.05, 3.63) is 0 Å². The van der Waals surface area contributed by atoms with E-state index < -0.39 is 14.1 Å². The van der Waals surface area contributed by atoms with E-state index in [-0.39, 0.29) is 0 Å². The first-order valence-electron chi connectivity index (χ1n) is 9.28. The summed E-state index contributed by atoms with van der Waals surface area (Å²) < 4.78 is 0. The minimum absolute atomic E-state index is 0.493. The van der Waals surface area contributed by atoms with E-state index in [1.54, 1.807) is 15.8 Å². The topological polar surface area (TPSA) is 0 Å². The lowest BCUT2D eigenvalue weighted by Gasteiger charge is -2.28. The van der Waals surface area contributed by atoms with Crippen molar-refractivity contribution in [2.45, 2.75) is 97.9 Å². The lowest BCUT2D eigenvalue weighted by atomic mass is 9.86. The molecule has 0 aliphatic carbocycles. The van der Waals surface area contributed by atoms with Gasteiger partial charge in [0.05, 0.1) is 0 Å². The fraction of sp³-hybridized carbons (Fsp3) is 1.00. The monoisotopic (exact) mass is 310 g/mol. The standard InChI is InChI=1S/2C8H17.C4H9.Al/c2*1-7(2)6-8(3,4)5;1-4(2)3;/h2*7H,1,6H2,2-5H3;4H,1H2,2-3H3;. The predicted octanol–water partition coefficient (Wildman–Crippen LogP) is 7.28. The van der Waals surface area contributed by atoms with Gasteiger partial charge in [0, 0.05) is 0 Å². The summed E-state index contributed by atoms with van der Waals surface area (Å²) in [5.41, 5.74) is 0.987. The van der Waals surface area contributed by atoms with Crippen molar-refractivity contribution in [1.82, 2.24) is 0 Å². The van der Waals surface area contributed by atoms with Crippen LogP contribution in [0.2, 0.25) is 15.8 Å². The second-order valence-electron chi connectivity index (χ2n) is 10.7. The van der Waals surface area contributed by atoms with Crippen LogP contribution < -0.4 is 0 Å². The lowest BCUT2D eigenvalue weighted by molar-refractivity contribution is 0.313. The smallest absolute Gasteiger partial charge is 0.0915 e. The molecule has 0 radical (unpaired) electrons. The quantitative estimate of drug-likeness (QED) is 0.413. The average molecular weight is 311 g/mol. The molecule has 0 aliphatic rings. The third-order valence-corrected chi connectivity index (χ3v) is 8.75. The summed E-state index contributed by atoms with van der Waals surface area (Å²) in [5, 5.41) is 4.66. The van der Waals surface area contributed by atoms with Gasteiger partial charge in [-0.15, -0.1) is 0 Å². The van der Waals surface area contributed by atoms with Crippen molar-refractivity contribution in [3.63, 3.8) is 0 Å². The molecule has 0 aromatic rings. The maximum absolute atomic E-state index is 2.50. The van der Waals surface area contributed by atoms with E-state index in [0.29, 0.717) is 10.8 Å². The van der Waals surface area contributed by atoms with E-state index in [1.807, 2.05) is 0 Å². The van der Waals surface area contributed by atoms with Crippen LogP contribution in [0.25, 0.3) is 0 Å². The van der Waals surface area contributed by atoms with Gasteiger partial charge in [0.2, 0.25) is 0 Å². The van der Waals surface area contributed by atoms with Gasteiger partial charge in [-0.05, 0) is 23.7 Å². The molecule has 0 nitrogen and oxygen atoms in total. The Balaban J connectivity index is 4.51. The Bertz CT molecular complexity index is 243. The molecule has 0 spiro atoms. The Hall–Kier alpha value is 0.532. The second kappa shape index (κ2) is 8.98. The number of hydrogen-bond donors (Lipinski definition) is 0. The van der Waals surface area contributed by atoms with Crippen LogP contribution in [0.1, 0.15) is 82.1 Å². The molecule has 0 amide bonds. The first kappa shape index (κ1) is 21.5. The van der Waals surface area contributed by atoms with E-state index in [9.17, 15) is 0 Å². The van der Waals surface area contributed by atoms with Crippen LogP contribution in [-0.4, -0.2) is 14.1 Å². The van der Waals surface area contributed by atoms with Crippen molar-refractivity contribution >= 4 is 14.1 Å². The summed E-state index contributed by atoms with van der Waals surface area (Å²) in [7, 11) is 0. The molecule has 0 bridgehead atoms. The molecular weight excluding hydrogens is 267 g/mol. The third kappa shape index (κ3) is 13.9. The van der Waals surface area contributed by atoms with Gasteiger partial charge in [-0.2, -0.15) is 0 Å².